The van der Waals surface area contributed by atoms with Crippen molar-refractivity contribution in [1.29, 1.82) is 0 Å². The lowest BCUT2D eigenvalue weighted by Crippen LogP contribution is -2.45. The summed E-state index contributed by atoms with van der Waals surface area (Å²) in [5, 5.41) is 0. The Labute approximate surface area is 119 Å². The SMILES string of the molecule is CCCCN(C)C(=O)CN1C(=O)COc2ccccc21. The number of ether oxygens (including phenoxy) is 1. The first kappa shape index (κ1) is 14.4. The molecule has 5 heteroatoms. The fourth-order valence-electron chi connectivity index (χ4n) is 2.10. The number of hydrogen-bond acceptors (Lipinski definition) is 3. The van der Waals surface area contributed by atoms with Crippen LogP contribution < -0.4 is 9.64 Å². The second-order valence-electron chi connectivity index (χ2n) is 4.91. The van der Waals surface area contributed by atoms with Gasteiger partial charge in [-0.15, -0.1) is 0 Å². The molecule has 0 atom stereocenters. The third-order valence-electron chi connectivity index (χ3n) is 3.37. The maximum Gasteiger partial charge on any atom is 0.265 e. The Morgan fingerprint density at radius 2 is 2.15 bits per heavy atom. The van der Waals surface area contributed by atoms with Crippen molar-refractivity contribution in [1.82, 2.24) is 4.90 Å². The van der Waals surface area contributed by atoms with E-state index in [1.807, 2.05) is 12.1 Å². The lowest BCUT2D eigenvalue weighted by Gasteiger charge is -2.30. The Hall–Kier alpha value is -2.04. The number of amides is 2. The van der Waals surface area contributed by atoms with E-state index in [1.165, 1.54) is 4.90 Å². The lowest BCUT2D eigenvalue weighted by molar-refractivity contribution is -0.131. The monoisotopic (exact) mass is 276 g/mol. The van der Waals surface area contributed by atoms with Crippen molar-refractivity contribution >= 4 is 17.5 Å². The Balaban J connectivity index is 2.08. The highest BCUT2D eigenvalue weighted by Gasteiger charge is 2.27. The molecule has 2 rings (SSSR count). The smallest absolute Gasteiger partial charge is 0.265 e. The Bertz CT molecular complexity index is 502. The van der Waals surface area contributed by atoms with E-state index in [1.54, 1.807) is 24.1 Å². The molecule has 5 nitrogen and oxygen atoms in total. The van der Waals surface area contributed by atoms with Crippen LogP contribution in [0.5, 0.6) is 5.75 Å². The number of unbranched alkanes of at least 4 members (excludes halogenated alkanes) is 1. The van der Waals surface area contributed by atoms with Crippen LogP contribution in [0.25, 0.3) is 0 Å². The average molecular weight is 276 g/mol. The van der Waals surface area contributed by atoms with Crippen molar-refractivity contribution in [2.75, 3.05) is 31.6 Å². The topological polar surface area (TPSA) is 49.9 Å². The Kier molecular flexibility index (Phi) is 4.61. The van der Waals surface area contributed by atoms with Gasteiger partial charge in [-0.1, -0.05) is 25.5 Å². The van der Waals surface area contributed by atoms with Gasteiger partial charge in [-0.25, -0.2) is 0 Å². The molecule has 0 aliphatic carbocycles. The Morgan fingerprint density at radius 3 is 2.90 bits per heavy atom. The number of carbonyl (C=O) groups is 2. The van der Waals surface area contributed by atoms with Gasteiger partial charge in [0.15, 0.2) is 6.61 Å². The summed E-state index contributed by atoms with van der Waals surface area (Å²) in [6.45, 7) is 2.86. The highest BCUT2D eigenvalue weighted by Crippen LogP contribution is 2.31. The summed E-state index contributed by atoms with van der Waals surface area (Å²) in [6, 6.07) is 7.28. The van der Waals surface area contributed by atoms with Crippen LogP contribution in [-0.4, -0.2) is 43.5 Å². The molecule has 0 radical (unpaired) electrons. The molecule has 0 saturated heterocycles. The molecule has 1 aliphatic rings. The van der Waals surface area contributed by atoms with E-state index < -0.39 is 0 Å². The fourth-order valence-corrected chi connectivity index (χ4v) is 2.10. The molecular formula is C15H20N2O3. The number of hydrogen-bond donors (Lipinski definition) is 0. The molecule has 1 aromatic carbocycles. The highest BCUT2D eigenvalue weighted by molar-refractivity contribution is 6.02. The number of nitrogens with zero attached hydrogens (tertiary/aromatic N) is 2. The van der Waals surface area contributed by atoms with Gasteiger partial charge in [-0.05, 0) is 18.6 Å². The minimum absolute atomic E-state index is 0.0109. The van der Waals surface area contributed by atoms with E-state index in [0.29, 0.717) is 11.4 Å². The molecule has 2 amide bonds. The Morgan fingerprint density at radius 1 is 1.40 bits per heavy atom. The lowest BCUT2D eigenvalue weighted by atomic mass is 10.2. The van der Waals surface area contributed by atoms with Gasteiger partial charge in [0, 0.05) is 13.6 Å². The van der Waals surface area contributed by atoms with Crippen molar-refractivity contribution in [3.05, 3.63) is 24.3 Å². The zero-order valence-electron chi connectivity index (χ0n) is 12.0. The standard InChI is InChI=1S/C15H20N2O3/c1-3-4-9-16(2)14(18)10-17-12-7-5-6-8-13(12)20-11-15(17)19/h5-8H,3-4,9-11H2,1-2H3. The molecule has 0 spiro atoms. The van der Waals surface area contributed by atoms with Crippen LogP contribution in [-0.2, 0) is 9.59 Å². The van der Waals surface area contributed by atoms with Gasteiger partial charge in [0.2, 0.25) is 5.91 Å². The second kappa shape index (κ2) is 6.41. The molecule has 0 fully saturated rings. The first-order valence-electron chi connectivity index (χ1n) is 6.89. The largest absolute Gasteiger partial charge is 0.482 e. The van der Waals surface area contributed by atoms with Crippen LogP contribution in [0, 0.1) is 0 Å². The molecule has 0 unspecified atom stereocenters. The molecule has 1 heterocycles. The van der Waals surface area contributed by atoms with Gasteiger partial charge in [0.05, 0.1) is 5.69 Å². The maximum atomic E-state index is 12.2. The number of likely N-dealkylation sites (N-methyl/N-ethyl adjacent to an activating group) is 1. The van der Waals surface area contributed by atoms with Crippen LogP contribution in [0.1, 0.15) is 19.8 Å². The van der Waals surface area contributed by atoms with Crippen molar-refractivity contribution in [2.24, 2.45) is 0 Å². The van der Waals surface area contributed by atoms with E-state index in [0.717, 1.165) is 19.4 Å². The molecule has 0 N–H and O–H groups in total. The van der Waals surface area contributed by atoms with Crippen LogP contribution in [0.2, 0.25) is 0 Å². The second-order valence-corrected chi connectivity index (χ2v) is 4.91. The summed E-state index contributed by atoms with van der Waals surface area (Å²) in [5.74, 6) is 0.417. The minimum atomic E-state index is -0.180. The number of carbonyl (C=O) groups excluding carboxylic acids is 2. The van der Waals surface area contributed by atoms with E-state index in [-0.39, 0.29) is 25.0 Å². The summed E-state index contributed by atoms with van der Waals surface area (Å²) < 4.78 is 5.36. The van der Waals surface area contributed by atoms with Gasteiger partial charge < -0.3 is 9.64 Å². The molecule has 1 aromatic rings. The number of anilines is 1. The van der Waals surface area contributed by atoms with Gasteiger partial charge in [-0.2, -0.15) is 0 Å². The summed E-state index contributed by atoms with van der Waals surface area (Å²) in [4.78, 5) is 27.3. The average Bonchev–Trinajstić information content (AvgIpc) is 2.47. The first-order chi connectivity index (χ1) is 9.63. The van der Waals surface area contributed by atoms with Gasteiger partial charge in [0.25, 0.3) is 5.91 Å². The molecule has 1 aliphatic heterocycles. The summed E-state index contributed by atoms with van der Waals surface area (Å²) in [7, 11) is 1.77. The quantitative estimate of drug-likeness (QED) is 0.822. The predicted octanol–water partition coefficient (Wildman–Crippen LogP) is 1.67. The molecular weight excluding hydrogens is 256 g/mol. The summed E-state index contributed by atoms with van der Waals surface area (Å²) >= 11 is 0. The number of para-hydroxylation sites is 2. The third-order valence-corrected chi connectivity index (χ3v) is 3.37. The third kappa shape index (κ3) is 3.10. The van der Waals surface area contributed by atoms with E-state index in [2.05, 4.69) is 6.92 Å². The van der Waals surface area contributed by atoms with E-state index in [4.69, 9.17) is 4.74 Å². The highest BCUT2D eigenvalue weighted by atomic mass is 16.5. The number of rotatable bonds is 5. The first-order valence-corrected chi connectivity index (χ1v) is 6.89. The predicted molar refractivity (Wildman–Crippen MR) is 76.8 cm³/mol. The van der Waals surface area contributed by atoms with Crippen LogP contribution in [0.4, 0.5) is 5.69 Å². The van der Waals surface area contributed by atoms with Crippen molar-refractivity contribution in [3.8, 4) is 5.75 Å². The van der Waals surface area contributed by atoms with Gasteiger partial charge in [-0.3, -0.25) is 14.5 Å². The van der Waals surface area contributed by atoms with E-state index in [9.17, 15) is 9.59 Å². The van der Waals surface area contributed by atoms with Crippen LogP contribution in [0.3, 0.4) is 0 Å². The molecule has 20 heavy (non-hydrogen) atoms. The van der Waals surface area contributed by atoms with Crippen molar-refractivity contribution in [2.45, 2.75) is 19.8 Å². The summed E-state index contributed by atoms with van der Waals surface area (Å²) in [6.07, 6.45) is 2.01. The molecule has 108 valence electrons. The van der Waals surface area contributed by atoms with Crippen LogP contribution in [0.15, 0.2) is 24.3 Å². The normalized spacial score (nSPS) is 13.7. The van der Waals surface area contributed by atoms with Crippen LogP contribution >= 0.6 is 0 Å². The molecule has 0 aromatic heterocycles. The number of benzene rings is 1. The van der Waals surface area contributed by atoms with Crippen molar-refractivity contribution in [3.63, 3.8) is 0 Å². The van der Waals surface area contributed by atoms with Gasteiger partial charge in [0.1, 0.15) is 12.3 Å². The maximum absolute atomic E-state index is 12.2. The summed E-state index contributed by atoms with van der Waals surface area (Å²) in [5.41, 5.74) is 0.668. The molecule has 0 bridgehead atoms. The van der Waals surface area contributed by atoms with E-state index >= 15 is 0 Å². The minimum Gasteiger partial charge on any atom is -0.482 e. The van der Waals surface area contributed by atoms with Gasteiger partial charge >= 0.3 is 0 Å². The fraction of sp³-hybridized carbons (Fsp3) is 0.467. The zero-order valence-corrected chi connectivity index (χ0v) is 12.0. The van der Waals surface area contributed by atoms with Crippen molar-refractivity contribution < 1.29 is 14.3 Å². The molecule has 0 saturated carbocycles. The number of fused-ring (bicyclic) bond motifs is 1. The zero-order chi connectivity index (χ0) is 14.5.